The Morgan fingerprint density at radius 3 is 2.83 bits per heavy atom. The van der Waals surface area contributed by atoms with Gasteiger partial charge >= 0.3 is 0 Å². The van der Waals surface area contributed by atoms with Crippen molar-refractivity contribution in [2.45, 2.75) is 25.9 Å². The van der Waals surface area contributed by atoms with E-state index in [0.29, 0.717) is 30.6 Å². The summed E-state index contributed by atoms with van der Waals surface area (Å²) in [5.74, 6) is 1.29. The lowest BCUT2D eigenvalue weighted by Gasteiger charge is -2.33. The number of nitrogens with zero attached hydrogens (tertiary/aromatic N) is 5. The van der Waals surface area contributed by atoms with Crippen molar-refractivity contribution in [1.82, 2.24) is 25.3 Å². The number of nitrogens with one attached hydrogen (secondary N) is 2. The molecular formula is C26H26ClN7O. The van der Waals surface area contributed by atoms with Gasteiger partial charge in [-0.15, -0.1) is 0 Å². The highest BCUT2D eigenvalue weighted by Crippen LogP contribution is 2.28. The van der Waals surface area contributed by atoms with Crippen LogP contribution in [0.4, 0.5) is 11.8 Å². The Bertz CT molecular complexity index is 1320. The maximum absolute atomic E-state index is 12.8. The fourth-order valence-electron chi connectivity index (χ4n) is 4.32. The van der Waals surface area contributed by atoms with Crippen LogP contribution in [0.2, 0.25) is 5.02 Å². The number of aromatic nitrogens is 4. The van der Waals surface area contributed by atoms with Crippen molar-refractivity contribution in [3.63, 3.8) is 0 Å². The van der Waals surface area contributed by atoms with E-state index in [1.165, 1.54) is 0 Å². The van der Waals surface area contributed by atoms with Crippen molar-refractivity contribution in [2.75, 3.05) is 23.3 Å². The molecule has 4 aromatic rings. The van der Waals surface area contributed by atoms with Gasteiger partial charge < -0.3 is 15.5 Å². The highest BCUT2D eigenvalue weighted by molar-refractivity contribution is 6.31. The van der Waals surface area contributed by atoms with E-state index in [2.05, 4.69) is 35.5 Å². The monoisotopic (exact) mass is 487 g/mol. The Hall–Kier alpha value is -3.78. The molecule has 1 aromatic carbocycles. The lowest BCUT2D eigenvalue weighted by Crippen LogP contribution is -2.43. The number of halogens is 1. The van der Waals surface area contributed by atoms with Gasteiger partial charge in [-0.05, 0) is 42.2 Å². The van der Waals surface area contributed by atoms with Crippen molar-refractivity contribution in [3.05, 3.63) is 83.4 Å². The third kappa shape index (κ3) is 5.49. The first-order valence-corrected chi connectivity index (χ1v) is 12.1. The van der Waals surface area contributed by atoms with Gasteiger partial charge in [0.2, 0.25) is 11.9 Å². The van der Waals surface area contributed by atoms with Gasteiger partial charge in [0.1, 0.15) is 5.82 Å². The zero-order chi connectivity index (χ0) is 24.0. The molecule has 1 atom stereocenters. The number of anilines is 2. The molecule has 1 fully saturated rings. The Labute approximate surface area is 208 Å². The third-order valence-electron chi connectivity index (χ3n) is 6.16. The quantitative estimate of drug-likeness (QED) is 0.403. The van der Waals surface area contributed by atoms with Crippen LogP contribution in [0.1, 0.15) is 24.0 Å². The molecule has 0 bridgehead atoms. The van der Waals surface area contributed by atoms with Crippen LogP contribution in [0.3, 0.4) is 0 Å². The van der Waals surface area contributed by atoms with Gasteiger partial charge in [-0.25, -0.2) is 15.0 Å². The molecule has 178 valence electrons. The third-order valence-corrected chi connectivity index (χ3v) is 6.53. The van der Waals surface area contributed by atoms with Gasteiger partial charge in [0.05, 0.1) is 16.8 Å². The lowest BCUT2D eigenvalue weighted by molar-refractivity contribution is -0.125. The predicted octanol–water partition coefficient (Wildman–Crippen LogP) is 4.22. The SMILES string of the molecule is O=C(NCc1cccnc1)C1CCCN(c2nccc3nc(NCc4ccccc4Cl)ncc23)C1. The summed E-state index contributed by atoms with van der Waals surface area (Å²) >= 11 is 6.25. The minimum Gasteiger partial charge on any atom is -0.355 e. The molecular weight excluding hydrogens is 462 g/mol. The van der Waals surface area contributed by atoms with Crippen LogP contribution in [0.5, 0.6) is 0 Å². The Morgan fingerprint density at radius 2 is 1.97 bits per heavy atom. The van der Waals surface area contributed by atoms with E-state index in [1.807, 2.05) is 42.5 Å². The minimum atomic E-state index is -0.102. The summed E-state index contributed by atoms with van der Waals surface area (Å²) in [6.45, 7) is 2.46. The van der Waals surface area contributed by atoms with Gasteiger partial charge in [0.25, 0.3) is 0 Å². The Kier molecular flexibility index (Phi) is 6.99. The van der Waals surface area contributed by atoms with E-state index in [9.17, 15) is 4.79 Å². The molecule has 1 amide bonds. The van der Waals surface area contributed by atoms with Crippen molar-refractivity contribution in [3.8, 4) is 0 Å². The highest BCUT2D eigenvalue weighted by atomic mass is 35.5. The molecule has 3 aromatic heterocycles. The lowest BCUT2D eigenvalue weighted by atomic mass is 9.96. The molecule has 8 nitrogen and oxygen atoms in total. The van der Waals surface area contributed by atoms with Crippen LogP contribution in [0.25, 0.3) is 10.9 Å². The van der Waals surface area contributed by atoms with Crippen LogP contribution in [0, 0.1) is 5.92 Å². The molecule has 35 heavy (non-hydrogen) atoms. The topological polar surface area (TPSA) is 95.9 Å². The summed E-state index contributed by atoms with van der Waals surface area (Å²) in [4.78, 5) is 32.9. The van der Waals surface area contributed by atoms with Crippen molar-refractivity contribution < 1.29 is 4.79 Å². The van der Waals surface area contributed by atoms with E-state index >= 15 is 0 Å². The summed E-state index contributed by atoms with van der Waals surface area (Å²) in [7, 11) is 0. The number of rotatable bonds is 7. The molecule has 1 aliphatic rings. The first-order valence-electron chi connectivity index (χ1n) is 11.7. The summed E-state index contributed by atoms with van der Waals surface area (Å²) in [5, 5.41) is 7.87. The van der Waals surface area contributed by atoms with E-state index in [1.54, 1.807) is 24.8 Å². The molecule has 4 heterocycles. The molecule has 5 rings (SSSR count). The molecule has 1 aliphatic heterocycles. The fourth-order valence-corrected chi connectivity index (χ4v) is 4.52. The van der Waals surface area contributed by atoms with Crippen molar-refractivity contribution in [1.29, 1.82) is 0 Å². The Morgan fingerprint density at radius 1 is 1.06 bits per heavy atom. The average Bonchev–Trinajstić information content (AvgIpc) is 2.91. The zero-order valence-corrected chi connectivity index (χ0v) is 19.9. The molecule has 0 aliphatic carbocycles. The largest absolute Gasteiger partial charge is 0.355 e. The second-order valence-electron chi connectivity index (χ2n) is 8.57. The molecule has 0 radical (unpaired) electrons. The molecule has 0 saturated carbocycles. The standard InChI is InChI=1S/C26H26ClN7O/c27-22-8-2-1-6-19(22)15-31-26-32-16-21-23(33-26)9-11-29-24(21)34-12-4-7-20(17-34)25(35)30-14-18-5-3-10-28-13-18/h1-3,5-6,8-11,13,16,20H,4,7,12,14-15,17H2,(H,30,35)(H,31,32,33). The number of pyridine rings is 2. The first-order chi connectivity index (χ1) is 17.2. The molecule has 9 heteroatoms. The maximum atomic E-state index is 12.8. The second kappa shape index (κ2) is 10.7. The smallest absolute Gasteiger partial charge is 0.225 e. The fraction of sp³-hybridized carbons (Fsp3) is 0.269. The number of benzene rings is 1. The number of carbonyl (C=O) groups is 1. The van der Waals surface area contributed by atoms with Gasteiger partial charge in [0, 0.05) is 56.0 Å². The molecule has 2 N–H and O–H groups in total. The highest BCUT2D eigenvalue weighted by Gasteiger charge is 2.27. The van der Waals surface area contributed by atoms with Gasteiger partial charge in [0.15, 0.2) is 0 Å². The molecule has 1 saturated heterocycles. The van der Waals surface area contributed by atoms with Crippen LogP contribution in [-0.2, 0) is 17.9 Å². The zero-order valence-electron chi connectivity index (χ0n) is 19.2. The summed E-state index contributed by atoms with van der Waals surface area (Å²) in [6, 6.07) is 13.4. The summed E-state index contributed by atoms with van der Waals surface area (Å²) in [6.07, 6.45) is 8.82. The van der Waals surface area contributed by atoms with Crippen LogP contribution >= 0.6 is 11.6 Å². The number of carbonyl (C=O) groups excluding carboxylic acids is 1. The van der Waals surface area contributed by atoms with E-state index in [-0.39, 0.29) is 11.8 Å². The first kappa shape index (κ1) is 23.0. The summed E-state index contributed by atoms with van der Waals surface area (Å²) in [5.41, 5.74) is 2.77. The molecule has 0 spiro atoms. The minimum absolute atomic E-state index is 0.0566. The number of fused-ring (bicyclic) bond motifs is 1. The number of hydrogen-bond acceptors (Lipinski definition) is 7. The predicted molar refractivity (Wildman–Crippen MR) is 137 cm³/mol. The Balaban J connectivity index is 1.27. The second-order valence-corrected chi connectivity index (χ2v) is 8.98. The van der Waals surface area contributed by atoms with E-state index in [0.717, 1.165) is 47.2 Å². The van der Waals surface area contributed by atoms with E-state index < -0.39 is 0 Å². The number of hydrogen-bond donors (Lipinski definition) is 2. The number of amides is 1. The van der Waals surface area contributed by atoms with Crippen LogP contribution < -0.4 is 15.5 Å². The van der Waals surface area contributed by atoms with E-state index in [4.69, 9.17) is 11.6 Å². The molecule has 1 unspecified atom stereocenters. The van der Waals surface area contributed by atoms with Crippen LogP contribution in [-0.4, -0.2) is 38.9 Å². The van der Waals surface area contributed by atoms with Crippen molar-refractivity contribution in [2.24, 2.45) is 5.92 Å². The van der Waals surface area contributed by atoms with Crippen LogP contribution in [0.15, 0.2) is 67.3 Å². The van der Waals surface area contributed by atoms with Gasteiger partial charge in [-0.2, -0.15) is 0 Å². The van der Waals surface area contributed by atoms with Crippen molar-refractivity contribution >= 4 is 40.2 Å². The van der Waals surface area contributed by atoms with Gasteiger partial charge in [-0.1, -0.05) is 35.9 Å². The maximum Gasteiger partial charge on any atom is 0.225 e. The number of piperidine rings is 1. The van der Waals surface area contributed by atoms with Gasteiger partial charge in [-0.3, -0.25) is 9.78 Å². The average molecular weight is 488 g/mol. The normalized spacial score (nSPS) is 15.7. The summed E-state index contributed by atoms with van der Waals surface area (Å²) < 4.78 is 0.